The summed E-state index contributed by atoms with van der Waals surface area (Å²) in [5, 5.41) is 11.2. The predicted molar refractivity (Wildman–Crippen MR) is 90.5 cm³/mol. The van der Waals surface area contributed by atoms with Gasteiger partial charge in [-0.25, -0.2) is 9.82 Å². The third kappa shape index (κ3) is 3.85. The quantitative estimate of drug-likeness (QED) is 0.561. The van der Waals surface area contributed by atoms with Crippen molar-refractivity contribution >= 4 is 23.7 Å². The number of nitrogens with zero attached hydrogens (tertiary/aromatic N) is 2. The van der Waals surface area contributed by atoms with Crippen LogP contribution in [0.5, 0.6) is 0 Å². The molecule has 24 heavy (non-hydrogen) atoms. The maximum Gasteiger partial charge on any atom is 0.289 e. The molecule has 3 aromatic rings. The Morgan fingerprint density at radius 3 is 2.75 bits per heavy atom. The molecule has 120 valence electrons. The lowest BCUT2D eigenvalue weighted by Crippen LogP contribution is -2.18. The molecule has 1 amide bonds. The number of aromatic amines is 1. The summed E-state index contributed by atoms with van der Waals surface area (Å²) < 4.78 is 13.0. The summed E-state index contributed by atoms with van der Waals surface area (Å²) >= 11 is 5.84. The van der Waals surface area contributed by atoms with E-state index in [1.807, 2.05) is 12.1 Å². The third-order valence-electron chi connectivity index (χ3n) is 3.19. The molecule has 5 nitrogen and oxygen atoms in total. The number of halogens is 2. The van der Waals surface area contributed by atoms with Gasteiger partial charge < -0.3 is 0 Å². The van der Waals surface area contributed by atoms with E-state index in [0.717, 1.165) is 5.56 Å². The number of H-pyrrole nitrogens is 1. The van der Waals surface area contributed by atoms with E-state index in [0.29, 0.717) is 16.3 Å². The van der Waals surface area contributed by atoms with E-state index in [4.69, 9.17) is 11.6 Å². The molecule has 0 saturated carbocycles. The molecule has 1 aromatic heterocycles. The van der Waals surface area contributed by atoms with Gasteiger partial charge in [0.2, 0.25) is 0 Å². The molecule has 0 aliphatic carbocycles. The zero-order valence-electron chi connectivity index (χ0n) is 12.3. The molecule has 0 fully saturated rings. The van der Waals surface area contributed by atoms with Crippen LogP contribution in [0.25, 0.3) is 11.3 Å². The number of benzene rings is 2. The van der Waals surface area contributed by atoms with Gasteiger partial charge in [0.15, 0.2) is 0 Å². The number of amides is 1. The summed E-state index contributed by atoms with van der Waals surface area (Å²) in [6, 6.07) is 14.6. The van der Waals surface area contributed by atoms with E-state index >= 15 is 0 Å². The highest BCUT2D eigenvalue weighted by Crippen LogP contribution is 2.20. The molecule has 0 radical (unpaired) electrons. The molecular weight excluding hydrogens is 331 g/mol. The topological polar surface area (TPSA) is 70.1 Å². The normalized spacial score (nSPS) is 10.9. The Bertz CT molecular complexity index is 890. The van der Waals surface area contributed by atoms with Crippen LogP contribution in [0.4, 0.5) is 4.39 Å². The van der Waals surface area contributed by atoms with E-state index in [2.05, 4.69) is 20.7 Å². The van der Waals surface area contributed by atoms with Crippen molar-refractivity contribution in [2.75, 3.05) is 0 Å². The molecule has 3 rings (SSSR count). The second-order valence-corrected chi connectivity index (χ2v) is 5.36. The summed E-state index contributed by atoms with van der Waals surface area (Å²) in [5.74, 6) is -0.818. The fraction of sp³-hybridized carbons (Fsp3) is 0. The summed E-state index contributed by atoms with van der Waals surface area (Å²) in [5.41, 5.74) is 4.61. The number of rotatable bonds is 4. The highest BCUT2D eigenvalue weighted by molar-refractivity contribution is 6.30. The van der Waals surface area contributed by atoms with Crippen molar-refractivity contribution in [3.63, 3.8) is 0 Å². The first-order chi connectivity index (χ1) is 11.6. The highest BCUT2D eigenvalue weighted by Gasteiger charge is 2.10. The predicted octanol–water partition coefficient (Wildman–Crippen LogP) is 3.63. The fourth-order valence-electron chi connectivity index (χ4n) is 2.02. The molecule has 1 heterocycles. The summed E-state index contributed by atoms with van der Waals surface area (Å²) in [6.45, 7) is 0. The van der Waals surface area contributed by atoms with Crippen LogP contribution in [-0.2, 0) is 0 Å². The highest BCUT2D eigenvalue weighted by atomic mass is 35.5. The summed E-state index contributed by atoms with van der Waals surface area (Å²) in [4.78, 5) is 12.0. The number of aromatic nitrogens is 2. The summed E-state index contributed by atoms with van der Waals surface area (Å²) in [7, 11) is 0. The van der Waals surface area contributed by atoms with Crippen molar-refractivity contribution in [1.82, 2.24) is 15.6 Å². The second-order valence-electron chi connectivity index (χ2n) is 4.93. The number of carbonyl (C=O) groups excluding carboxylic acids is 1. The molecule has 0 saturated heterocycles. The van der Waals surface area contributed by atoms with Gasteiger partial charge >= 0.3 is 0 Å². The number of hydrogen-bond acceptors (Lipinski definition) is 3. The average Bonchev–Trinajstić information content (AvgIpc) is 3.05. The molecule has 0 spiro atoms. The lowest BCUT2D eigenvalue weighted by Gasteiger charge is -1.96. The van der Waals surface area contributed by atoms with E-state index in [1.54, 1.807) is 30.3 Å². The van der Waals surface area contributed by atoms with Crippen LogP contribution < -0.4 is 5.43 Å². The zero-order valence-corrected chi connectivity index (χ0v) is 13.1. The van der Waals surface area contributed by atoms with Crippen LogP contribution in [-0.4, -0.2) is 22.3 Å². The van der Waals surface area contributed by atoms with E-state index < -0.39 is 5.91 Å². The van der Waals surface area contributed by atoms with Gasteiger partial charge in [-0.2, -0.15) is 10.2 Å². The Labute approximate surface area is 142 Å². The molecule has 7 heteroatoms. The minimum absolute atomic E-state index is 0.261. The minimum atomic E-state index is -0.449. The smallest absolute Gasteiger partial charge is 0.272 e. The van der Waals surface area contributed by atoms with Crippen LogP contribution >= 0.6 is 11.6 Å². The zero-order chi connectivity index (χ0) is 16.9. The van der Waals surface area contributed by atoms with Crippen molar-refractivity contribution in [3.05, 3.63) is 76.7 Å². The van der Waals surface area contributed by atoms with Crippen LogP contribution in [0.15, 0.2) is 59.7 Å². The van der Waals surface area contributed by atoms with Gasteiger partial charge in [0.1, 0.15) is 11.5 Å². The van der Waals surface area contributed by atoms with E-state index in [9.17, 15) is 9.18 Å². The fourth-order valence-corrected chi connectivity index (χ4v) is 2.15. The van der Waals surface area contributed by atoms with Crippen molar-refractivity contribution in [2.24, 2.45) is 5.10 Å². The van der Waals surface area contributed by atoms with E-state index in [1.165, 1.54) is 18.3 Å². The molecule has 0 atom stereocenters. The van der Waals surface area contributed by atoms with Crippen LogP contribution in [0.1, 0.15) is 16.1 Å². The molecule has 0 unspecified atom stereocenters. The lowest BCUT2D eigenvalue weighted by molar-refractivity contribution is 0.0950. The standard InChI is InChI=1S/C17H12ClFN4O/c18-13-6-4-12(5-7-13)15-9-16(22-21-15)17(24)23-20-10-11-2-1-3-14(19)8-11/h1-10H,(H,21,22)(H,23,24)/b20-10-. The molecular formula is C17H12ClFN4O. The van der Waals surface area contributed by atoms with Crippen LogP contribution in [0.3, 0.4) is 0 Å². The maximum absolute atomic E-state index is 13.0. The van der Waals surface area contributed by atoms with Gasteiger partial charge in [0, 0.05) is 10.6 Å². The third-order valence-corrected chi connectivity index (χ3v) is 3.44. The monoisotopic (exact) mass is 342 g/mol. The first-order valence-corrected chi connectivity index (χ1v) is 7.40. The summed E-state index contributed by atoms with van der Waals surface area (Å²) in [6.07, 6.45) is 1.36. The van der Waals surface area contributed by atoms with Crippen molar-refractivity contribution in [1.29, 1.82) is 0 Å². The Hall–Kier alpha value is -2.99. The van der Waals surface area contributed by atoms with E-state index in [-0.39, 0.29) is 11.5 Å². The van der Waals surface area contributed by atoms with Crippen molar-refractivity contribution in [2.45, 2.75) is 0 Å². The first kappa shape index (κ1) is 15.9. The van der Waals surface area contributed by atoms with Gasteiger partial charge in [-0.1, -0.05) is 35.9 Å². The minimum Gasteiger partial charge on any atom is -0.272 e. The molecule has 0 bridgehead atoms. The molecule has 2 aromatic carbocycles. The molecule has 0 aliphatic rings. The van der Waals surface area contributed by atoms with Crippen molar-refractivity contribution in [3.8, 4) is 11.3 Å². The molecule has 0 aliphatic heterocycles. The number of nitrogens with one attached hydrogen (secondary N) is 2. The van der Waals surface area contributed by atoms with Crippen LogP contribution in [0, 0.1) is 5.82 Å². The maximum atomic E-state index is 13.0. The van der Waals surface area contributed by atoms with Gasteiger partial charge in [0.05, 0.1) is 11.9 Å². The molecule has 2 N–H and O–H groups in total. The van der Waals surface area contributed by atoms with Crippen molar-refractivity contribution < 1.29 is 9.18 Å². The Morgan fingerprint density at radius 2 is 2.00 bits per heavy atom. The van der Waals surface area contributed by atoms with Crippen LogP contribution in [0.2, 0.25) is 5.02 Å². The van der Waals surface area contributed by atoms with Gasteiger partial charge in [0.25, 0.3) is 5.91 Å². The lowest BCUT2D eigenvalue weighted by atomic mass is 10.1. The van der Waals surface area contributed by atoms with Gasteiger partial charge in [-0.3, -0.25) is 9.89 Å². The Kier molecular flexibility index (Phi) is 4.67. The number of hydrogen-bond donors (Lipinski definition) is 2. The largest absolute Gasteiger partial charge is 0.289 e. The number of hydrazone groups is 1. The van der Waals surface area contributed by atoms with Gasteiger partial charge in [-0.15, -0.1) is 0 Å². The SMILES string of the molecule is O=C(N/N=C\c1cccc(F)c1)c1cc(-c2ccc(Cl)cc2)n[nH]1. The Balaban J connectivity index is 1.66. The number of carbonyl (C=O) groups is 1. The average molecular weight is 343 g/mol. The first-order valence-electron chi connectivity index (χ1n) is 7.02. The second kappa shape index (κ2) is 7.06. The van der Waals surface area contributed by atoms with Gasteiger partial charge in [-0.05, 0) is 35.9 Å². The Morgan fingerprint density at radius 1 is 1.21 bits per heavy atom.